The molecule has 3 aromatic carbocycles. The second-order valence-corrected chi connectivity index (χ2v) is 6.34. The van der Waals surface area contributed by atoms with Crippen LogP contribution in [0.15, 0.2) is 104 Å². The number of nitrogens with zero attached hydrogens (tertiary/aromatic N) is 1. The lowest BCUT2D eigenvalue weighted by Crippen LogP contribution is -2.26. The molecule has 0 spiro atoms. The molecule has 25 heavy (non-hydrogen) atoms. The number of rotatable bonds is 4. The Kier molecular flexibility index (Phi) is 4.12. The van der Waals surface area contributed by atoms with Crippen LogP contribution in [0.1, 0.15) is 23.6 Å². The molecule has 0 aliphatic carbocycles. The van der Waals surface area contributed by atoms with Gasteiger partial charge in [0.05, 0.1) is 11.7 Å². The third kappa shape index (κ3) is 2.86. The maximum Gasteiger partial charge on any atom is 0.141 e. The van der Waals surface area contributed by atoms with Crippen molar-refractivity contribution in [2.24, 2.45) is 0 Å². The molecule has 0 bridgehead atoms. The van der Waals surface area contributed by atoms with E-state index < -0.39 is 5.60 Å². The summed E-state index contributed by atoms with van der Waals surface area (Å²) in [6.07, 6.45) is 2.75. The van der Waals surface area contributed by atoms with Gasteiger partial charge in [-0.05, 0) is 23.3 Å². The van der Waals surface area contributed by atoms with Gasteiger partial charge in [-0.1, -0.05) is 91.5 Å². The van der Waals surface area contributed by atoms with Crippen LogP contribution in [0.2, 0.25) is 0 Å². The average molecular weight is 327 g/mol. The molecular weight excluding hydrogens is 306 g/mol. The van der Waals surface area contributed by atoms with Crippen molar-refractivity contribution in [3.05, 3.63) is 115 Å². The van der Waals surface area contributed by atoms with Crippen LogP contribution in [0.25, 0.3) is 0 Å². The summed E-state index contributed by atoms with van der Waals surface area (Å²) in [7, 11) is 0. The van der Waals surface area contributed by atoms with Crippen LogP contribution in [0.4, 0.5) is 5.69 Å². The molecule has 2 atom stereocenters. The fourth-order valence-corrected chi connectivity index (χ4v) is 3.51. The van der Waals surface area contributed by atoms with Crippen molar-refractivity contribution in [2.75, 3.05) is 5.06 Å². The smallest absolute Gasteiger partial charge is 0.141 e. The van der Waals surface area contributed by atoms with Gasteiger partial charge in [0.1, 0.15) is 5.60 Å². The van der Waals surface area contributed by atoms with Crippen LogP contribution in [-0.2, 0) is 10.4 Å². The summed E-state index contributed by atoms with van der Waals surface area (Å²) >= 11 is 0. The van der Waals surface area contributed by atoms with E-state index in [-0.39, 0.29) is 6.04 Å². The standard InChI is InChI=1S/C23H21NO/c1-2-23(20-14-8-4-9-15-20)18-22(19-12-6-3-7-13-19)24(25-23)21-16-10-5-11-17-21/h2-17,22H,1,18H2/t22-,23-/m1/s1. The molecule has 0 amide bonds. The minimum absolute atomic E-state index is 0.127. The summed E-state index contributed by atoms with van der Waals surface area (Å²) in [5.41, 5.74) is 2.89. The van der Waals surface area contributed by atoms with E-state index in [0.717, 1.165) is 17.7 Å². The number of para-hydroxylation sites is 1. The van der Waals surface area contributed by atoms with Crippen LogP contribution in [-0.4, -0.2) is 0 Å². The maximum atomic E-state index is 6.55. The zero-order valence-electron chi connectivity index (χ0n) is 14.1. The Labute approximate surface area is 149 Å². The van der Waals surface area contributed by atoms with Gasteiger partial charge < -0.3 is 0 Å². The summed E-state index contributed by atoms with van der Waals surface area (Å²) in [5.74, 6) is 0. The molecule has 0 unspecified atom stereocenters. The third-order valence-corrected chi connectivity index (χ3v) is 4.83. The van der Waals surface area contributed by atoms with E-state index in [9.17, 15) is 0 Å². The van der Waals surface area contributed by atoms with Crippen molar-refractivity contribution in [1.82, 2.24) is 0 Å². The molecule has 1 fully saturated rings. The van der Waals surface area contributed by atoms with Crippen molar-refractivity contribution in [3.8, 4) is 0 Å². The summed E-state index contributed by atoms with van der Waals surface area (Å²) in [4.78, 5) is 6.55. The normalized spacial score (nSPS) is 22.7. The molecule has 3 aromatic rings. The number of anilines is 1. The van der Waals surface area contributed by atoms with E-state index >= 15 is 0 Å². The highest BCUT2D eigenvalue weighted by Gasteiger charge is 2.45. The number of hydroxylamine groups is 1. The summed E-state index contributed by atoms with van der Waals surface area (Å²) in [6, 6.07) is 31.3. The predicted molar refractivity (Wildman–Crippen MR) is 102 cm³/mol. The van der Waals surface area contributed by atoms with E-state index in [0.29, 0.717) is 0 Å². The van der Waals surface area contributed by atoms with Crippen LogP contribution in [0, 0.1) is 0 Å². The van der Waals surface area contributed by atoms with E-state index in [1.807, 2.05) is 53.6 Å². The molecule has 2 nitrogen and oxygen atoms in total. The Bertz CT molecular complexity index is 782. The first-order valence-corrected chi connectivity index (χ1v) is 8.60. The Balaban J connectivity index is 1.80. The largest absolute Gasteiger partial charge is 0.257 e. The molecule has 0 saturated carbocycles. The van der Waals surface area contributed by atoms with Gasteiger partial charge in [-0.2, -0.15) is 0 Å². The highest BCUT2D eigenvalue weighted by molar-refractivity contribution is 5.49. The lowest BCUT2D eigenvalue weighted by Gasteiger charge is -2.28. The molecule has 0 N–H and O–H groups in total. The molecule has 124 valence electrons. The van der Waals surface area contributed by atoms with Crippen molar-refractivity contribution in [1.29, 1.82) is 0 Å². The summed E-state index contributed by atoms with van der Waals surface area (Å²) in [6.45, 7) is 4.10. The zero-order valence-corrected chi connectivity index (χ0v) is 14.1. The average Bonchev–Trinajstić information content (AvgIpc) is 3.11. The third-order valence-electron chi connectivity index (χ3n) is 4.83. The first kappa shape index (κ1) is 15.7. The van der Waals surface area contributed by atoms with Crippen LogP contribution >= 0.6 is 0 Å². The zero-order chi connectivity index (χ0) is 17.1. The van der Waals surface area contributed by atoms with Gasteiger partial charge in [0, 0.05) is 6.42 Å². The first-order valence-electron chi connectivity index (χ1n) is 8.60. The Morgan fingerprint density at radius 3 is 2.00 bits per heavy atom. The molecular formula is C23H21NO. The fourth-order valence-electron chi connectivity index (χ4n) is 3.51. The van der Waals surface area contributed by atoms with Gasteiger partial charge in [-0.15, -0.1) is 0 Å². The molecule has 2 heteroatoms. The van der Waals surface area contributed by atoms with Gasteiger partial charge >= 0.3 is 0 Å². The van der Waals surface area contributed by atoms with Crippen molar-refractivity contribution in [2.45, 2.75) is 18.1 Å². The van der Waals surface area contributed by atoms with Gasteiger partial charge in [0.25, 0.3) is 0 Å². The number of hydrogen-bond donors (Lipinski definition) is 0. The van der Waals surface area contributed by atoms with E-state index in [2.05, 4.69) is 55.1 Å². The second kappa shape index (κ2) is 6.58. The summed E-state index contributed by atoms with van der Waals surface area (Å²) in [5, 5.41) is 2.03. The SMILES string of the molecule is C=C[C@]1(c2ccccc2)C[C@H](c2ccccc2)N(c2ccccc2)O1. The molecule has 1 heterocycles. The van der Waals surface area contributed by atoms with E-state index in [1.54, 1.807) is 0 Å². The van der Waals surface area contributed by atoms with Crippen molar-refractivity contribution >= 4 is 5.69 Å². The van der Waals surface area contributed by atoms with Gasteiger partial charge in [-0.25, -0.2) is 5.06 Å². The molecule has 1 aliphatic rings. The van der Waals surface area contributed by atoms with Crippen LogP contribution < -0.4 is 5.06 Å². The summed E-state index contributed by atoms with van der Waals surface area (Å²) < 4.78 is 0. The Hall–Kier alpha value is -2.84. The minimum atomic E-state index is -0.530. The van der Waals surface area contributed by atoms with Gasteiger partial charge in [0.2, 0.25) is 0 Å². The van der Waals surface area contributed by atoms with Crippen molar-refractivity contribution < 1.29 is 4.84 Å². The predicted octanol–water partition coefficient (Wildman–Crippen LogP) is 5.65. The minimum Gasteiger partial charge on any atom is -0.257 e. The van der Waals surface area contributed by atoms with E-state index in [4.69, 9.17) is 4.84 Å². The fraction of sp³-hybridized carbons (Fsp3) is 0.130. The van der Waals surface area contributed by atoms with Gasteiger partial charge in [0.15, 0.2) is 0 Å². The Morgan fingerprint density at radius 2 is 1.40 bits per heavy atom. The Morgan fingerprint density at radius 1 is 0.840 bits per heavy atom. The molecule has 4 rings (SSSR count). The molecule has 1 aliphatic heterocycles. The topological polar surface area (TPSA) is 12.5 Å². The molecule has 0 aromatic heterocycles. The van der Waals surface area contributed by atoms with Crippen LogP contribution in [0.5, 0.6) is 0 Å². The second-order valence-electron chi connectivity index (χ2n) is 6.34. The quantitative estimate of drug-likeness (QED) is 0.574. The molecule has 0 radical (unpaired) electrons. The lowest BCUT2D eigenvalue weighted by atomic mass is 9.86. The lowest BCUT2D eigenvalue weighted by molar-refractivity contribution is 0.0214. The highest BCUT2D eigenvalue weighted by atomic mass is 16.7. The highest BCUT2D eigenvalue weighted by Crippen LogP contribution is 2.48. The number of hydrogen-bond acceptors (Lipinski definition) is 2. The van der Waals surface area contributed by atoms with Crippen LogP contribution in [0.3, 0.4) is 0 Å². The first-order chi connectivity index (χ1) is 12.3. The number of benzene rings is 3. The van der Waals surface area contributed by atoms with Gasteiger partial charge in [-0.3, -0.25) is 4.84 Å². The maximum absolute atomic E-state index is 6.55. The van der Waals surface area contributed by atoms with E-state index in [1.165, 1.54) is 5.56 Å². The monoisotopic (exact) mass is 327 g/mol. The van der Waals surface area contributed by atoms with Crippen molar-refractivity contribution in [3.63, 3.8) is 0 Å². The molecule has 1 saturated heterocycles.